The zero-order valence-electron chi connectivity index (χ0n) is 19.5. The Morgan fingerprint density at radius 1 is 0.655 bits per heavy atom. The van der Waals surface area contributed by atoms with Gasteiger partial charge in [-0.15, -0.1) is 0 Å². The van der Waals surface area contributed by atoms with Crippen LogP contribution in [0.3, 0.4) is 0 Å². The quantitative estimate of drug-likeness (QED) is 0.0764. The van der Waals surface area contributed by atoms with Crippen LogP contribution in [0.5, 0.6) is 0 Å². The van der Waals surface area contributed by atoms with Gasteiger partial charge in [-0.25, -0.2) is 0 Å². The highest BCUT2D eigenvalue weighted by atomic mass is 32.1. The molecule has 0 saturated heterocycles. The number of thiol groups is 1. The number of esters is 1. The SMILES string of the molecule is CCCC/C=C/CCCCCCCCCCCCCCCCCC(=O)OCCS. The van der Waals surface area contributed by atoms with E-state index in [1.807, 2.05) is 0 Å². The molecule has 0 amide bonds. The Labute approximate surface area is 188 Å². The van der Waals surface area contributed by atoms with Gasteiger partial charge in [-0.05, 0) is 25.7 Å². The maximum absolute atomic E-state index is 11.3. The minimum absolute atomic E-state index is 0.0611. The third-order valence-electron chi connectivity index (χ3n) is 5.50. The second-order valence-electron chi connectivity index (χ2n) is 8.40. The van der Waals surface area contributed by atoms with Gasteiger partial charge in [0, 0.05) is 12.2 Å². The van der Waals surface area contributed by atoms with Crippen LogP contribution < -0.4 is 0 Å². The standard InChI is InChI=1S/C26H50O2S/c1-2-3-4-5-6-7-8-9-10-11-12-13-14-15-16-17-18-19-20-21-22-23-26(27)28-24-25-29/h5-6,29H,2-4,7-25H2,1H3/b6-5+. The van der Waals surface area contributed by atoms with E-state index in [9.17, 15) is 4.79 Å². The average Bonchev–Trinajstić information content (AvgIpc) is 2.73. The second kappa shape index (κ2) is 25.6. The van der Waals surface area contributed by atoms with Gasteiger partial charge >= 0.3 is 5.97 Å². The van der Waals surface area contributed by atoms with Crippen molar-refractivity contribution in [3.05, 3.63) is 12.2 Å². The lowest BCUT2D eigenvalue weighted by molar-refractivity contribution is -0.143. The molecule has 0 atom stereocenters. The second-order valence-corrected chi connectivity index (χ2v) is 8.85. The van der Waals surface area contributed by atoms with Crippen LogP contribution in [0.25, 0.3) is 0 Å². The van der Waals surface area contributed by atoms with E-state index < -0.39 is 0 Å². The fraction of sp³-hybridized carbons (Fsp3) is 0.885. The van der Waals surface area contributed by atoms with Gasteiger partial charge in [-0.1, -0.05) is 115 Å². The van der Waals surface area contributed by atoms with Crippen molar-refractivity contribution in [2.24, 2.45) is 0 Å². The Kier molecular flexibility index (Phi) is 25.2. The van der Waals surface area contributed by atoms with E-state index in [0.29, 0.717) is 18.8 Å². The van der Waals surface area contributed by atoms with Crippen LogP contribution in [-0.2, 0) is 9.53 Å². The molecule has 29 heavy (non-hydrogen) atoms. The summed E-state index contributed by atoms with van der Waals surface area (Å²) in [6.45, 7) is 2.70. The van der Waals surface area contributed by atoms with E-state index >= 15 is 0 Å². The van der Waals surface area contributed by atoms with Gasteiger partial charge in [0.15, 0.2) is 0 Å². The Morgan fingerprint density at radius 3 is 1.52 bits per heavy atom. The molecule has 0 aliphatic carbocycles. The Morgan fingerprint density at radius 2 is 1.07 bits per heavy atom. The van der Waals surface area contributed by atoms with Crippen LogP contribution in [0, 0.1) is 0 Å². The van der Waals surface area contributed by atoms with Crippen LogP contribution in [0.1, 0.15) is 135 Å². The zero-order chi connectivity index (χ0) is 21.3. The molecule has 0 radical (unpaired) electrons. The van der Waals surface area contributed by atoms with Crippen molar-refractivity contribution in [2.75, 3.05) is 12.4 Å². The molecule has 0 aromatic rings. The molecule has 0 heterocycles. The van der Waals surface area contributed by atoms with Gasteiger partial charge < -0.3 is 4.74 Å². The normalized spacial score (nSPS) is 11.4. The molecular weight excluding hydrogens is 376 g/mol. The zero-order valence-corrected chi connectivity index (χ0v) is 20.4. The number of rotatable bonds is 23. The highest BCUT2D eigenvalue weighted by Crippen LogP contribution is 2.14. The maximum atomic E-state index is 11.3. The largest absolute Gasteiger partial charge is 0.465 e. The van der Waals surface area contributed by atoms with Crippen LogP contribution in [0.15, 0.2) is 12.2 Å². The molecule has 0 aromatic carbocycles. The summed E-state index contributed by atoms with van der Waals surface area (Å²) >= 11 is 4.03. The van der Waals surface area contributed by atoms with Crippen molar-refractivity contribution in [1.82, 2.24) is 0 Å². The van der Waals surface area contributed by atoms with Crippen molar-refractivity contribution in [3.63, 3.8) is 0 Å². The first-order valence-electron chi connectivity index (χ1n) is 12.7. The van der Waals surface area contributed by atoms with Gasteiger partial charge in [-0.2, -0.15) is 12.6 Å². The molecule has 2 nitrogen and oxygen atoms in total. The molecule has 0 aliphatic rings. The lowest BCUT2D eigenvalue weighted by Gasteiger charge is -2.04. The van der Waals surface area contributed by atoms with E-state index in [4.69, 9.17) is 4.74 Å². The van der Waals surface area contributed by atoms with Crippen molar-refractivity contribution < 1.29 is 9.53 Å². The van der Waals surface area contributed by atoms with Gasteiger partial charge in [-0.3, -0.25) is 4.79 Å². The van der Waals surface area contributed by atoms with Gasteiger partial charge in [0.25, 0.3) is 0 Å². The summed E-state index contributed by atoms with van der Waals surface area (Å²) in [5.41, 5.74) is 0. The summed E-state index contributed by atoms with van der Waals surface area (Å²) in [5.74, 6) is 0.553. The van der Waals surface area contributed by atoms with Crippen molar-refractivity contribution >= 4 is 18.6 Å². The maximum Gasteiger partial charge on any atom is 0.305 e. The fourth-order valence-electron chi connectivity index (χ4n) is 3.62. The summed E-state index contributed by atoms with van der Waals surface area (Å²) in [7, 11) is 0. The first kappa shape index (κ1) is 28.6. The lowest BCUT2D eigenvalue weighted by Crippen LogP contribution is -2.06. The number of unbranched alkanes of at least 4 members (excludes halogenated alkanes) is 17. The van der Waals surface area contributed by atoms with Crippen LogP contribution in [0.4, 0.5) is 0 Å². The predicted octanol–water partition coefficient (Wildman–Crippen LogP) is 8.84. The molecule has 0 bridgehead atoms. The smallest absolute Gasteiger partial charge is 0.305 e. The molecule has 3 heteroatoms. The number of hydrogen-bond acceptors (Lipinski definition) is 3. The van der Waals surface area contributed by atoms with Gasteiger partial charge in [0.1, 0.15) is 6.61 Å². The number of allylic oxidation sites excluding steroid dienone is 2. The predicted molar refractivity (Wildman–Crippen MR) is 132 cm³/mol. The molecule has 0 aliphatic heterocycles. The first-order valence-corrected chi connectivity index (χ1v) is 13.4. The lowest BCUT2D eigenvalue weighted by atomic mass is 10.0. The summed E-state index contributed by atoms with van der Waals surface area (Å²) < 4.78 is 5.02. The van der Waals surface area contributed by atoms with Crippen LogP contribution >= 0.6 is 12.6 Å². The molecule has 0 spiro atoms. The monoisotopic (exact) mass is 426 g/mol. The van der Waals surface area contributed by atoms with E-state index in [1.165, 1.54) is 109 Å². The molecule has 0 fully saturated rings. The first-order chi connectivity index (χ1) is 14.3. The molecule has 0 N–H and O–H groups in total. The summed E-state index contributed by atoms with van der Waals surface area (Å²) in [5, 5.41) is 0. The Balaban J connectivity index is 3.08. The molecule has 0 aromatic heterocycles. The number of ether oxygens (including phenoxy) is 1. The number of carbonyl (C=O) groups excluding carboxylic acids is 1. The third-order valence-corrected chi connectivity index (χ3v) is 5.68. The average molecular weight is 427 g/mol. The number of carbonyl (C=O) groups is 1. The van der Waals surface area contributed by atoms with E-state index in [1.54, 1.807) is 0 Å². The Bertz CT molecular complexity index is 355. The topological polar surface area (TPSA) is 26.3 Å². The summed E-state index contributed by atoms with van der Waals surface area (Å²) in [6, 6.07) is 0. The molecule has 0 saturated carbocycles. The van der Waals surface area contributed by atoms with E-state index in [0.717, 1.165) is 12.8 Å². The molecular formula is C26H50O2S. The molecule has 0 rings (SSSR count). The molecule has 0 unspecified atom stereocenters. The minimum atomic E-state index is -0.0611. The van der Waals surface area contributed by atoms with Crippen molar-refractivity contribution in [3.8, 4) is 0 Å². The van der Waals surface area contributed by atoms with Gasteiger partial charge in [0.05, 0.1) is 0 Å². The minimum Gasteiger partial charge on any atom is -0.465 e. The van der Waals surface area contributed by atoms with Crippen LogP contribution in [0.2, 0.25) is 0 Å². The molecule has 172 valence electrons. The Hall–Kier alpha value is -0.440. The van der Waals surface area contributed by atoms with E-state index in [-0.39, 0.29) is 5.97 Å². The van der Waals surface area contributed by atoms with Crippen LogP contribution in [-0.4, -0.2) is 18.3 Å². The third kappa shape index (κ3) is 25.5. The summed E-state index contributed by atoms with van der Waals surface area (Å²) in [6.07, 6.45) is 30.7. The summed E-state index contributed by atoms with van der Waals surface area (Å²) in [4.78, 5) is 11.3. The fourth-order valence-corrected chi connectivity index (χ4v) is 3.71. The van der Waals surface area contributed by atoms with Crippen molar-refractivity contribution in [1.29, 1.82) is 0 Å². The van der Waals surface area contributed by atoms with E-state index in [2.05, 4.69) is 31.7 Å². The van der Waals surface area contributed by atoms with Crippen molar-refractivity contribution in [2.45, 2.75) is 135 Å². The number of hydrogen-bond donors (Lipinski definition) is 1. The highest BCUT2D eigenvalue weighted by molar-refractivity contribution is 7.80. The van der Waals surface area contributed by atoms with Gasteiger partial charge in [0.2, 0.25) is 0 Å². The highest BCUT2D eigenvalue weighted by Gasteiger charge is 2.01.